The molecule has 0 aromatic rings. The average molecular weight is 275 g/mol. The predicted molar refractivity (Wildman–Crippen MR) is 67.3 cm³/mol. The van der Waals surface area contributed by atoms with Crippen LogP contribution in [0, 0.1) is 11.3 Å². The molecular weight excluding hydrogens is 256 g/mol. The molecule has 1 aliphatic heterocycles. The molecule has 0 fully saturated rings. The third-order valence-electron chi connectivity index (χ3n) is 2.16. The number of aliphatic imine (C=N–C) groups is 1. The number of unbranched alkanes of at least 4 members (excludes halogenated alkanes) is 2. The maximum Gasteiger partial charge on any atom is 0.191 e. The predicted octanol–water partition coefficient (Wildman–Crippen LogP) is 1.59. The Morgan fingerprint density at radius 1 is 1.40 bits per heavy atom. The molecule has 4 nitrogen and oxygen atoms in total. The number of hydrogen-bond acceptors (Lipinski definition) is 4. The summed E-state index contributed by atoms with van der Waals surface area (Å²) in [7, 11) is 0. The first-order chi connectivity index (χ1) is 6.93. The van der Waals surface area contributed by atoms with Gasteiger partial charge < -0.3 is 10.6 Å². The highest BCUT2D eigenvalue weighted by atomic mass is 79.9. The zero-order valence-electron chi connectivity index (χ0n) is 8.96. The summed E-state index contributed by atoms with van der Waals surface area (Å²) in [6, 6.07) is 2.14. The summed E-state index contributed by atoms with van der Waals surface area (Å²) in [5.74, 6) is 0.930. The number of nitrogens with zero attached hydrogens (tertiary/aromatic N) is 2. The number of hydrogen-bond donors (Lipinski definition) is 2. The summed E-state index contributed by atoms with van der Waals surface area (Å²) in [5.41, 5.74) is 0. The molecule has 15 heavy (non-hydrogen) atoms. The van der Waals surface area contributed by atoms with Crippen LogP contribution in [0.4, 0.5) is 0 Å². The molecule has 0 saturated carbocycles. The highest BCUT2D eigenvalue weighted by Gasteiger charge is 2.00. The maximum absolute atomic E-state index is 8.35. The fraction of sp³-hybridized carbons (Fsp3) is 0.800. The first-order valence-corrected chi connectivity index (χ1v) is 5.32. The lowest BCUT2D eigenvalue weighted by molar-refractivity contribution is 0.704. The van der Waals surface area contributed by atoms with E-state index in [1.807, 2.05) is 0 Å². The van der Waals surface area contributed by atoms with Gasteiger partial charge in [0.05, 0.1) is 6.07 Å². The Morgan fingerprint density at radius 2 is 2.27 bits per heavy atom. The molecule has 0 bridgehead atoms. The van der Waals surface area contributed by atoms with Gasteiger partial charge in [-0.2, -0.15) is 5.26 Å². The molecule has 0 radical (unpaired) electrons. The monoisotopic (exact) mass is 274 g/mol. The van der Waals surface area contributed by atoms with Gasteiger partial charge in [0.1, 0.15) is 0 Å². The van der Waals surface area contributed by atoms with E-state index in [-0.39, 0.29) is 17.0 Å². The van der Waals surface area contributed by atoms with E-state index in [1.165, 1.54) is 12.8 Å². The summed E-state index contributed by atoms with van der Waals surface area (Å²) in [6.07, 6.45) is 5.03. The molecular formula is C10H19BrN4. The third-order valence-corrected chi connectivity index (χ3v) is 2.16. The van der Waals surface area contributed by atoms with Gasteiger partial charge in [-0.15, -0.1) is 17.0 Å². The van der Waals surface area contributed by atoms with Crippen LogP contribution < -0.4 is 10.6 Å². The van der Waals surface area contributed by atoms with Gasteiger partial charge in [-0.1, -0.05) is 0 Å². The van der Waals surface area contributed by atoms with Crippen molar-refractivity contribution in [1.82, 2.24) is 10.6 Å². The van der Waals surface area contributed by atoms with Crippen LogP contribution in [0.3, 0.4) is 0 Å². The third kappa shape index (κ3) is 7.20. The Kier molecular flexibility index (Phi) is 9.29. The molecule has 0 amide bonds. The number of nitrogens with one attached hydrogen (secondary N) is 2. The lowest BCUT2D eigenvalue weighted by Crippen LogP contribution is -2.37. The minimum absolute atomic E-state index is 0. The van der Waals surface area contributed by atoms with Gasteiger partial charge in [0.25, 0.3) is 0 Å². The number of guanidine groups is 1. The molecule has 0 aromatic carbocycles. The van der Waals surface area contributed by atoms with Gasteiger partial charge in [0, 0.05) is 26.1 Å². The highest BCUT2D eigenvalue weighted by molar-refractivity contribution is 8.93. The minimum atomic E-state index is 0. The van der Waals surface area contributed by atoms with E-state index in [9.17, 15) is 0 Å². The van der Waals surface area contributed by atoms with Gasteiger partial charge in [-0.25, -0.2) is 0 Å². The summed E-state index contributed by atoms with van der Waals surface area (Å²) < 4.78 is 0. The van der Waals surface area contributed by atoms with E-state index < -0.39 is 0 Å². The SMILES string of the molecule is Br.N#CCCCCNC1=NCCCCN1. The van der Waals surface area contributed by atoms with Crippen LogP contribution in [-0.2, 0) is 0 Å². The summed E-state index contributed by atoms with van der Waals surface area (Å²) in [5, 5.41) is 14.8. The minimum Gasteiger partial charge on any atom is -0.356 e. The second-order valence-electron chi connectivity index (χ2n) is 3.41. The van der Waals surface area contributed by atoms with E-state index in [2.05, 4.69) is 21.7 Å². The van der Waals surface area contributed by atoms with Gasteiger partial charge >= 0.3 is 0 Å². The van der Waals surface area contributed by atoms with Crippen molar-refractivity contribution in [2.24, 2.45) is 4.99 Å². The van der Waals surface area contributed by atoms with Crippen molar-refractivity contribution in [2.75, 3.05) is 19.6 Å². The number of rotatable bonds is 4. The average Bonchev–Trinajstić information content (AvgIpc) is 2.46. The van der Waals surface area contributed by atoms with Crippen molar-refractivity contribution in [3.8, 4) is 6.07 Å². The van der Waals surface area contributed by atoms with Gasteiger partial charge in [-0.3, -0.25) is 4.99 Å². The van der Waals surface area contributed by atoms with Crippen LogP contribution in [-0.4, -0.2) is 25.6 Å². The van der Waals surface area contributed by atoms with Crippen molar-refractivity contribution >= 4 is 22.9 Å². The van der Waals surface area contributed by atoms with E-state index in [0.717, 1.165) is 38.4 Å². The number of halogens is 1. The Balaban J connectivity index is 0.00000196. The fourth-order valence-electron chi connectivity index (χ4n) is 1.34. The first-order valence-electron chi connectivity index (χ1n) is 5.32. The lowest BCUT2D eigenvalue weighted by Gasteiger charge is -2.08. The largest absolute Gasteiger partial charge is 0.356 e. The fourth-order valence-corrected chi connectivity index (χ4v) is 1.34. The van der Waals surface area contributed by atoms with Crippen LogP contribution >= 0.6 is 17.0 Å². The second kappa shape index (κ2) is 9.78. The topological polar surface area (TPSA) is 60.2 Å². The molecule has 5 heteroatoms. The van der Waals surface area contributed by atoms with Crippen LogP contribution in [0.2, 0.25) is 0 Å². The van der Waals surface area contributed by atoms with Crippen molar-refractivity contribution < 1.29 is 0 Å². The summed E-state index contributed by atoms with van der Waals surface area (Å²) in [4.78, 5) is 4.37. The Hall–Kier alpha value is -0.760. The normalized spacial score (nSPS) is 15.0. The molecule has 86 valence electrons. The van der Waals surface area contributed by atoms with E-state index in [1.54, 1.807) is 0 Å². The zero-order valence-corrected chi connectivity index (χ0v) is 10.7. The molecule has 2 N–H and O–H groups in total. The highest BCUT2D eigenvalue weighted by Crippen LogP contribution is 1.94. The van der Waals surface area contributed by atoms with Gasteiger partial charge in [-0.05, 0) is 25.7 Å². The van der Waals surface area contributed by atoms with Crippen LogP contribution in [0.15, 0.2) is 4.99 Å². The molecule has 0 spiro atoms. The van der Waals surface area contributed by atoms with Crippen molar-refractivity contribution in [2.45, 2.75) is 32.1 Å². The van der Waals surface area contributed by atoms with Crippen LogP contribution in [0.5, 0.6) is 0 Å². The Morgan fingerprint density at radius 3 is 3.07 bits per heavy atom. The van der Waals surface area contributed by atoms with Crippen molar-refractivity contribution in [3.63, 3.8) is 0 Å². The van der Waals surface area contributed by atoms with Crippen molar-refractivity contribution in [1.29, 1.82) is 5.26 Å². The van der Waals surface area contributed by atoms with Gasteiger partial charge in [0.15, 0.2) is 5.96 Å². The molecule has 1 heterocycles. The standard InChI is InChI=1S/C10H18N4.BrH/c11-6-2-1-3-7-12-10-13-8-4-5-9-14-10;/h1-5,7-9H2,(H2,12,13,14);1H. The molecule has 0 aliphatic carbocycles. The quantitative estimate of drug-likeness (QED) is 0.766. The van der Waals surface area contributed by atoms with Crippen LogP contribution in [0.1, 0.15) is 32.1 Å². The molecule has 1 rings (SSSR count). The van der Waals surface area contributed by atoms with Crippen LogP contribution in [0.25, 0.3) is 0 Å². The zero-order chi connectivity index (χ0) is 10.1. The van der Waals surface area contributed by atoms with E-state index in [4.69, 9.17) is 5.26 Å². The summed E-state index contributed by atoms with van der Waals surface area (Å²) >= 11 is 0. The maximum atomic E-state index is 8.35. The molecule has 0 atom stereocenters. The van der Waals surface area contributed by atoms with E-state index >= 15 is 0 Å². The molecule has 1 aliphatic rings. The molecule has 0 saturated heterocycles. The molecule has 0 unspecified atom stereocenters. The summed E-state index contributed by atoms with van der Waals surface area (Å²) in [6.45, 7) is 2.85. The Bertz CT molecular complexity index is 222. The molecule has 0 aromatic heterocycles. The van der Waals surface area contributed by atoms with E-state index in [0.29, 0.717) is 6.42 Å². The second-order valence-corrected chi connectivity index (χ2v) is 3.41. The lowest BCUT2D eigenvalue weighted by atomic mass is 10.2. The number of nitriles is 1. The van der Waals surface area contributed by atoms with Gasteiger partial charge in [0.2, 0.25) is 0 Å². The smallest absolute Gasteiger partial charge is 0.191 e. The van der Waals surface area contributed by atoms with Crippen molar-refractivity contribution in [3.05, 3.63) is 0 Å². The Labute approximate surface area is 102 Å². The first kappa shape index (κ1) is 14.2.